The Kier molecular flexibility index (Phi) is 7.39. The standard InChI is InChI=1S/C30H32N2O4/c1-2-4-23(11-14-29(33)34)24-9-12-26(13-10-24)35-20-22-6-3-5-21(17-22)18-32-16-15-28-27(19-32)31-30(36-28)25-7-8-25/h3,5-6,9-10,12-13,17,23,25H,7-8,11,14-16,18-20H2,1H3,(H,33,34). The molecule has 1 atom stereocenters. The van der Waals surface area contributed by atoms with Gasteiger partial charge in [-0.05, 0) is 55.0 Å². The minimum Gasteiger partial charge on any atom is -0.489 e. The molecule has 6 heteroatoms. The average molecular weight is 485 g/mol. The van der Waals surface area contributed by atoms with Gasteiger partial charge >= 0.3 is 5.97 Å². The number of carboxylic acids is 1. The van der Waals surface area contributed by atoms with Crippen molar-refractivity contribution in [3.63, 3.8) is 0 Å². The molecule has 1 aliphatic heterocycles. The van der Waals surface area contributed by atoms with Crippen LogP contribution in [-0.2, 0) is 30.9 Å². The maximum absolute atomic E-state index is 10.9. The van der Waals surface area contributed by atoms with E-state index >= 15 is 0 Å². The summed E-state index contributed by atoms with van der Waals surface area (Å²) in [6, 6.07) is 16.4. The lowest BCUT2D eigenvalue weighted by Crippen LogP contribution is -2.29. The highest BCUT2D eigenvalue weighted by Crippen LogP contribution is 2.40. The van der Waals surface area contributed by atoms with Gasteiger partial charge in [0.2, 0.25) is 0 Å². The van der Waals surface area contributed by atoms with Crippen LogP contribution in [0.25, 0.3) is 0 Å². The summed E-state index contributed by atoms with van der Waals surface area (Å²) in [6.45, 7) is 4.97. The van der Waals surface area contributed by atoms with Crippen LogP contribution in [0.1, 0.15) is 78.5 Å². The van der Waals surface area contributed by atoms with Crippen LogP contribution in [-0.4, -0.2) is 27.5 Å². The lowest BCUT2D eigenvalue weighted by Gasteiger charge is -2.25. The molecule has 186 valence electrons. The highest BCUT2D eigenvalue weighted by Gasteiger charge is 2.31. The van der Waals surface area contributed by atoms with Gasteiger partial charge < -0.3 is 14.3 Å². The Morgan fingerprint density at radius 3 is 2.78 bits per heavy atom. The Labute approximate surface area is 212 Å². The molecule has 2 aromatic carbocycles. The normalized spacial score (nSPS) is 16.0. The Hall–Kier alpha value is -3.56. The molecule has 0 amide bonds. The number of hydrogen-bond donors (Lipinski definition) is 1. The zero-order valence-corrected chi connectivity index (χ0v) is 20.7. The first-order valence-corrected chi connectivity index (χ1v) is 12.7. The van der Waals surface area contributed by atoms with Crippen molar-refractivity contribution in [2.24, 2.45) is 0 Å². The van der Waals surface area contributed by atoms with Crippen LogP contribution in [0.4, 0.5) is 0 Å². The number of benzene rings is 2. The number of rotatable bonds is 10. The van der Waals surface area contributed by atoms with Gasteiger partial charge in [0.25, 0.3) is 0 Å². The number of carbonyl (C=O) groups is 1. The third kappa shape index (κ3) is 6.16. The van der Waals surface area contributed by atoms with Crippen molar-refractivity contribution in [2.45, 2.75) is 70.6 Å². The molecule has 6 nitrogen and oxygen atoms in total. The van der Waals surface area contributed by atoms with Crippen LogP contribution >= 0.6 is 0 Å². The van der Waals surface area contributed by atoms with Crippen molar-refractivity contribution in [3.05, 3.63) is 82.6 Å². The molecule has 1 N–H and O–H groups in total. The number of aromatic nitrogens is 1. The quantitative estimate of drug-likeness (QED) is 0.374. The van der Waals surface area contributed by atoms with E-state index in [0.29, 0.717) is 18.9 Å². The Morgan fingerprint density at radius 2 is 2.03 bits per heavy atom. The Bertz CT molecular complexity index is 1260. The van der Waals surface area contributed by atoms with E-state index in [2.05, 4.69) is 41.0 Å². The van der Waals surface area contributed by atoms with Crippen molar-refractivity contribution in [1.82, 2.24) is 9.88 Å². The SMILES string of the molecule is CC#CC(CCC(=O)O)c1ccc(OCc2cccc(CN3CCc4oc(C5CC5)nc4C3)c2)cc1. The third-order valence-electron chi connectivity index (χ3n) is 6.80. The fourth-order valence-corrected chi connectivity index (χ4v) is 4.72. The fraction of sp³-hybridized carbons (Fsp3) is 0.400. The lowest BCUT2D eigenvalue weighted by molar-refractivity contribution is -0.137. The van der Waals surface area contributed by atoms with Crippen LogP contribution in [0.3, 0.4) is 0 Å². The Morgan fingerprint density at radius 1 is 1.22 bits per heavy atom. The smallest absolute Gasteiger partial charge is 0.303 e. The maximum atomic E-state index is 10.9. The minimum absolute atomic E-state index is 0.0831. The summed E-state index contributed by atoms with van der Waals surface area (Å²) in [5.74, 6) is 8.51. The molecule has 3 aromatic rings. The second-order valence-electron chi connectivity index (χ2n) is 9.71. The summed E-state index contributed by atoms with van der Waals surface area (Å²) in [5.41, 5.74) is 4.52. The molecule has 0 bridgehead atoms. The summed E-state index contributed by atoms with van der Waals surface area (Å²) < 4.78 is 12.0. The van der Waals surface area contributed by atoms with Crippen LogP contribution in [0, 0.1) is 11.8 Å². The lowest BCUT2D eigenvalue weighted by atomic mass is 9.94. The van der Waals surface area contributed by atoms with Crippen LogP contribution in [0.5, 0.6) is 5.75 Å². The number of aliphatic carboxylic acids is 1. The summed E-state index contributed by atoms with van der Waals surface area (Å²) in [7, 11) is 0. The second-order valence-corrected chi connectivity index (χ2v) is 9.71. The highest BCUT2D eigenvalue weighted by molar-refractivity contribution is 5.66. The van der Waals surface area contributed by atoms with E-state index in [-0.39, 0.29) is 12.3 Å². The first-order valence-electron chi connectivity index (χ1n) is 12.7. The van der Waals surface area contributed by atoms with Crippen LogP contribution in [0.2, 0.25) is 0 Å². The monoisotopic (exact) mass is 484 g/mol. The first-order chi connectivity index (χ1) is 17.6. The van der Waals surface area contributed by atoms with Crippen LogP contribution in [0.15, 0.2) is 52.9 Å². The summed E-state index contributed by atoms with van der Waals surface area (Å²) in [4.78, 5) is 18.1. The van der Waals surface area contributed by atoms with Gasteiger partial charge in [-0.25, -0.2) is 4.98 Å². The number of carboxylic acid groups (broad SMARTS) is 1. The number of hydrogen-bond acceptors (Lipinski definition) is 5. The van der Waals surface area contributed by atoms with E-state index in [1.165, 1.54) is 18.4 Å². The molecule has 1 saturated carbocycles. The van der Waals surface area contributed by atoms with E-state index in [1.54, 1.807) is 6.92 Å². The van der Waals surface area contributed by atoms with Gasteiger partial charge in [-0.2, -0.15) is 0 Å². The minimum atomic E-state index is -0.800. The molecular formula is C30H32N2O4. The molecule has 1 aromatic heterocycles. The van der Waals surface area contributed by atoms with Crippen LogP contribution < -0.4 is 4.74 Å². The number of fused-ring (bicyclic) bond motifs is 1. The molecule has 2 aliphatic rings. The molecule has 1 aliphatic carbocycles. The molecule has 1 fully saturated rings. The van der Waals surface area contributed by atoms with Gasteiger partial charge in [-0.3, -0.25) is 9.69 Å². The van der Waals surface area contributed by atoms with E-state index in [1.807, 2.05) is 24.3 Å². The van der Waals surface area contributed by atoms with Gasteiger partial charge in [0.15, 0.2) is 5.89 Å². The molecule has 36 heavy (non-hydrogen) atoms. The van der Waals surface area contributed by atoms with Crippen molar-refractivity contribution in [1.29, 1.82) is 0 Å². The number of oxazole rings is 1. The molecule has 2 heterocycles. The van der Waals surface area contributed by atoms with Gasteiger partial charge in [0, 0.05) is 44.3 Å². The molecular weight excluding hydrogens is 452 g/mol. The van der Waals surface area contributed by atoms with Crippen molar-refractivity contribution in [3.8, 4) is 17.6 Å². The zero-order valence-electron chi connectivity index (χ0n) is 20.7. The van der Waals surface area contributed by atoms with E-state index < -0.39 is 5.97 Å². The molecule has 1 unspecified atom stereocenters. The largest absolute Gasteiger partial charge is 0.489 e. The number of nitrogens with zero attached hydrogens (tertiary/aromatic N) is 2. The third-order valence-corrected chi connectivity index (χ3v) is 6.80. The second kappa shape index (κ2) is 11.0. The number of ether oxygens (including phenoxy) is 1. The van der Waals surface area contributed by atoms with Gasteiger partial charge in [-0.1, -0.05) is 42.3 Å². The average Bonchev–Trinajstić information content (AvgIpc) is 3.65. The van der Waals surface area contributed by atoms with E-state index in [0.717, 1.165) is 60.3 Å². The summed E-state index contributed by atoms with van der Waals surface area (Å²) in [6.07, 6.45) is 3.95. The van der Waals surface area contributed by atoms with Crippen molar-refractivity contribution < 1.29 is 19.1 Å². The van der Waals surface area contributed by atoms with Gasteiger partial charge in [-0.15, -0.1) is 5.92 Å². The topological polar surface area (TPSA) is 75.8 Å². The van der Waals surface area contributed by atoms with Crippen molar-refractivity contribution in [2.75, 3.05) is 6.54 Å². The molecule has 0 spiro atoms. The highest BCUT2D eigenvalue weighted by atomic mass is 16.5. The molecule has 0 radical (unpaired) electrons. The predicted octanol–water partition coefficient (Wildman–Crippen LogP) is 5.66. The Balaban J connectivity index is 1.15. The van der Waals surface area contributed by atoms with Gasteiger partial charge in [0.05, 0.1) is 5.69 Å². The van der Waals surface area contributed by atoms with E-state index in [9.17, 15) is 4.79 Å². The molecule has 5 rings (SSSR count). The van der Waals surface area contributed by atoms with E-state index in [4.69, 9.17) is 19.2 Å². The van der Waals surface area contributed by atoms with Crippen molar-refractivity contribution >= 4 is 5.97 Å². The summed E-state index contributed by atoms with van der Waals surface area (Å²) >= 11 is 0. The fourth-order valence-electron chi connectivity index (χ4n) is 4.72. The maximum Gasteiger partial charge on any atom is 0.303 e. The molecule has 0 saturated heterocycles. The predicted molar refractivity (Wildman–Crippen MR) is 137 cm³/mol. The first kappa shape index (κ1) is 24.1. The van der Waals surface area contributed by atoms with Gasteiger partial charge in [0.1, 0.15) is 18.1 Å². The zero-order chi connectivity index (χ0) is 24.9. The summed E-state index contributed by atoms with van der Waals surface area (Å²) in [5, 5.41) is 8.99.